The molecule has 1 atom stereocenters. The van der Waals surface area contributed by atoms with Crippen LogP contribution in [0.1, 0.15) is 29.0 Å². The molecule has 1 N–H and O–H groups in total. The molecular weight excluding hydrogens is 286 g/mol. The molecule has 0 aliphatic rings. The molecule has 21 heavy (non-hydrogen) atoms. The summed E-state index contributed by atoms with van der Waals surface area (Å²) in [5.74, 6) is 0.345. The molecule has 0 saturated carbocycles. The van der Waals surface area contributed by atoms with Crippen molar-refractivity contribution in [1.82, 2.24) is 15.5 Å². The third kappa shape index (κ3) is 3.00. The molecule has 0 aromatic carbocycles. The highest BCUT2D eigenvalue weighted by Crippen LogP contribution is 2.25. The Morgan fingerprint density at radius 3 is 2.86 bits per heavy atom. The first kappa shape index (κ1) is 13.5. The molecule has 5 nitrogen and oxygen atoms in total. The van der Waals surface area contributed by atoms with Gasteiger partial charge < -0.3 is 9.84 Å². The summed E-state index contributed by atoms with van der Waals surface area (Å²) in [4.78, 5) is 17.1. The lowest BCUT2D eigenvalue weighted by Gasteiger charge is -2.12. The number of nitrogens with zero attached hydrogens (tertiary/aromatic N) is 2. The molecule has 106 valence electrons. The van der Waals surface area contributed by atoms with Gasteiger partial charge in [0.2, 0.25) is 0 Å². The SMILES string of the molecule is CC(NC(=O)c1cc(-c2cccs2)on1)c1ccncc1. The fourth-order valence-corrected chi connectivity index (χ4v) is 2.60. The van der Waals surface area contributed by atoms with Gasteiger partial charge in [-0.15, -0.1) is 11.3 Å². The quantitative estimate of drug-likeness (QED) is 0.802. The lowest BCUT2D eigenvalue weighted by Crippen LogP contribution is -2.26. The van der Waals surface area contributed by atoms with Crippen molar-refractivity contribution in [3.63, 3.8) is 0 Å². The van der Waals surface area contributed by atoms with Crippen molar-refractivity contribution in [2.45, 2.75) is 13.0 Å². The number of thiophene rings is 1. The average Bonchev–Trinajstić information content (AvgIpc) is 3.19. The molecule has 3 aromatic rings. The van der Waals surface area contributed by atoms with E-state index in [-0.39, 0.29) is 17.6 Å². The minimum Gasteiger partial charge on any atom is -0.355 e. The summed E-state index contributed by atoms with van der Waals surface area (Å²) in [5.41, 5.74) is 1.26. The van der Waals surface area contributed by atoms with Crippen LogP contribution < -0.4 is 5.32 Å². The van der Waals surface area contributed by atoms with E-state index in [0.717, 1.165) is 10.4 Å². The third-order valence-electron chi connectivity index (χ3n) is 3.06. The molecule has 0 spiro atoms. The smallest absolute Gasteiger partial charge is 0.273 e. The minimum atomic E-state index is -0.258. The predicted octanol–water partition coefficient (Wildman–Crippen LogP) is 3.29. The Hall–Kier alpha value is -2.47. The van der Waals surface area contributed by atoms with Gasteiger partial charge in [0.15, 0.2) is 11.5 Å². The van der Waals surface area contributed by atoms with Gasteiger partial charge >= 0.3 is 0 Å². The maximum atomic E-state index is 12.2. The molecule has 0 saturated heterocycles. The number of hydrogen-bond donors (Lipinski definition) is 1. The summed E-state index contributed by atoms with van der Waals surface area (Å²) >= 11 is 1.54. The van der Waals surface area contributed by atoms with Crippen molar-refractivity contribution < 1.29 is 9.32 Å². The highest BCUT2D eigenvalue weighted by molar-refractivity contribution is 7.13. The topological polar surface area (TPSA) is 68.0 Å². The molecule has 0 radical (unpaired) electrons. The van der Waals surface area contributed by atoms with Crippen molar-refractivity contribution in [3.8, 4) is 10.6 Å². The van der Waals surface area contributed by atoms with Crippen molar-refractivity contribution in [3.05, 3.63) is 59.4 Å². The monoisotopic (exact) mass is 299 g/mol. The highest BCUT2D eigenvalue weighted by atomic mass is 32.1. The zero-order chi connectivity index (χ0) is 14.7. The Bertz CT molecular complexity index is 722. The first-order valence-corrected chi connectivity index (χ1v) is 7.33. The zero-order valence-corrected chi connectivity index (χ0v) is 12.1. The van der Waals surface area contributed by atoms with Gasteiger partial charge in [0.1, 0.15) is 0 Å². The summed E-state index contributed by atoms with van der Waals surface area (Å²) < 4.78 is 5.21. The molecule has 3 aromatic heterocycles. The molecule has 0 aliphatic carbocycles. The van der Waals surface area contributed by atoms with Crippen molar-refractivity contribution in [2.24, 2.45) is 0 Å². The number of amides is 1. The van der Waals surface area contributed by atoms with Crippen LogP contribution in [-0.2, 0) is 0 Å². The number of aromatic nitrogens is 2. The van der Waals surface area contributed by atoms with Gasteiger partial charge in [-0.2, -0.15) is 0 Å². The van der Waals surface area contributed by atoms with Gasteiger partial charge in [-0.3, -0.25) is 9.78 Å². The second-order valence-electron chi connectivity index (χ2n) is 4.53. The molecule has 0 bridgehead atoms. The summed E-state index contributed by atoms with van der Waals surface area (Å²) in [7, 11) is 0. The van der Waals surface area contributed by atoms with Crippen LogP contribution in [0, 0.1) is 0 Å². The van der Waals surface area contributed by atoms with Gasteiger partial charge in [-0.1, -0.05) is 11.2 Å². The van der Waals surface area contributed by atoms with E-state index in [1.807, 2.05) is 36.6 Å². The average molecular weight is 299 g/mol. The maximum Gasteiger partial charge on any atom is 0.273 e. The molecule has 6 heteroatoms. The van der Waals surface area contributed by atoms with Gasteiger partial charge in [-0.05, 0) is 36.1 Å². The van der Waals surface area contributed by atoms with E-state index < -0.39 is 0 Å². The van der Waals surface area contributed by atoms with E-state index in [0.29, 0.717) is 5.76 Å². The summed E-state index contributed by atoms with van der Waals surface area (Å²) in [6.07, 6.45) is 3.39. The molecule has 3 rings (SSSR count). The Morgan fingerprint density at radius 1 is 1.33 bits per heavy atom. The molecule has 1 amide bonds. The standard InChI is InChI=1S/C15H13N3O2S/c1-10(11-4-6-16-7-5-11)17-15(19)12-9-13(20-18-12)14-3-2-8-21-14/h2-10H,1H3,(H,17,19). The molecule has 1 unspecified atom stereocenters. The Morgan fingerprint density at radius 2 is 2.14 bits per heavy atom. The normalized spacial score (nSPS) is 12.0. The van der Waals surface area contributed by atoms with E-state index >= 15 is 0 Å². The Kier molecular flexibility index (Phi) is 3.79. The van der Waals surface area contributed by atoms with E-state index in [1.165, 1.54) is 11.3 Å². The lowest BCUT2D eigenvalue weighted by atomic mass is 10.1. The first-order chi connectivity index (χ1) is 10.2. The number of carbonyl (C=O) groups is 1. The zero-order valence-electron chi connectivity index (χ0n) is 11.3. The van der Waals surface area contributed by atoms with Crippen LogP contribution in [0.4, 0.5) is 0 Å². The van der Waals surface area contributed by atoms with Crippen molar-refractivity contribution >= 4 is 17.2 Å². The largest absolute Gasteiger partial charge is 0.355 e. The third-order valence-corrected chi connectivity index (χ3v) is 3.94. The predicted molar refractivity (Wildman–Crippen MR) is 79.9 cm³/mol. The second kappa shape index (κ2) is 5.88. The summed E-state index contributed by atoms with van der Waals surface area (Å²) in [5, 5.41) is 8.66. The number of carbonyl (C=O) groups excluding carboxylic acids is 1. The Balaban J connectivity index is 1.71. The fourth-order valence-electron chi connectivity index (χ4n) is 1.92. The van der Waals surface area contributed by atoms with E-state index in [2.05, 4.69) is 15.5 Å². The summed E-state index contributed by atoms with van der Waals surface area (Å²) in [6, 6.07) is 9.11. The van der Waals surface area contributed by atoms with Crippen LogP contribution in [0.25, 0.3) is 10.6 Å². The van der Waals surface area contributed by atoms with Crippen LogP contribution in [0.5, 0.6) is 0 Å². The van der Waals surface area contributed by atoms with Crippen LogP contribution >= 0.6 is 11.3 Å². The lowest BCUT2D eigenvalue weighted by molar-refractivity contribution is 0.0931. The highest BCUT2D eigenvalue weighted by Gasteiger charge is 2.16. The van der Waals surface area contributed by atoms with Gasteiger partial charge in [0.25, 0.3) is 5.91 Å². The van der Waals surface area contributed by atoms with Crippen LogP contribution in [0.2, 0.25) is 0 Å². The minimum absolute atomic E-state index is 0.123. The van der Waals surface area contributed by atoms with E-state index in [1.54, 1.807) is 18.5 Å². The van der Waals surface area contributed by atoms with Crippen molar-refractivity contribution in [1.29, 1.82) is 0 Å². The van der Waals surface area contributed by atoms with Crippen molar-refractivity contribution in [2.75, 3.05) is 0 Å². The molecule has 0 aliphatic heterocycles. The number of nitrogens with one attached hydrogen (secondary N) is 1. The van der Waals surface area contributed by atoms with Gasteiger partial charge in [0.05, 0.1) is 10.9 Å². The number of hydrogen-bond acceptors (Lipinski definition) is 5. The van der Waals surface area contributed by atoms with E-state index in [4.69, 9.17) is 4.52 Å². The number of pyridine rings is 1. The molecule has 0 fully saturated rings. The number of rotatable bonds is 4. The van der Waals surface area contributed by atoms with Crippen LogP contribution in [-0.4, -0.2) is 16.0 Å². The van der Waals surface area contributed by atoms with Crippen LogP contribution in [0.15, 0.2) is 52.6 Å². The second-order valence-corrected chi connectivity index (χ2v) is 5.48. The fraction of sp³-hybridized carbons (Fsp3) is 0.133. The van der Waals surface area contributed by atoms with Crippen LogP contribution in [0.3, 0.4) is 0 Å². The molecule has 3 heterocycles. The first-order valence-electron chi connectivity index (χ1n) is 6.45. The van der Waals surface area contributed by atoms with Gasteiger partial charge in [-0.25, -0.2) is 0 Å². The summed E-state index contributed by atoms with van der Waals surface area (Å²) in [6.45, 7) is 1.91. The van der Waals surface area contributed by atoms with E-state index in [9.17, 15) is 4.79 Å². The molecular formula is C15H13N3O2S. The Labute approximate surface area is 125 Å². The van der Waals surface area contributed by atoms with Gasteiger partial charge in [0, 0.05) is 18.5 Å². The maximum absolute atomic E-state index is 12.2.